The van der Waals surface area contributed by atoms with Gasteiger partial charge in [0, 0.05) is 32.6 Å². The summed E-state index contributed by atoms with van der Waals surface area (Å²) in [5, 5.41) is 5.13. The lowest BCUT2D eigenvalue weighted by molar-refractivity contribution is 0.666. The summed E-state index contributed by atoms with van der Waals surface area (Å²) in [6.45, 7) is 0. The first-order chi connectivity index (χ1) is 33.8. The first-order valence-electron chi connectivity index (χ1n) is 25.0. The van der Waals surface area contributed by atoms with Crippen molar-refractivity contribution in [1.29, 1.82) is 0 Å². The van der Waals surface area contributed by atoms with Crippen molar-refractivity contribution in [3.8, 4) is 11.4 Å². The molecule has 3 nitrogen and oxygen atoms in total. The summed E-state index contributed by atoms with van der Waals surface area (Å²) in [4.78, 5) is 0. The molecule has 272 valence electrons. The molecule has 0 unspecified atom stereocenters. The lowest BCUT2D eigenvalue weighted by atomic mass is 10.1. The van der Waals surface area contributed by atoms with Crippen molar-refractivity contribution in [3.63, 3.8) is 0 Å². The largest absolute Gasteiger partial charge is 0.454 e. The van der Waals surface area contributed by atoms with Crippen molar-refractivity contribution >= 4 is 94.4 Å². The maximum Gasteiger partial charge on any atom is 0.179 e. The van der Waals surface area contributed by atoms with Gasteiger partial charge in [-0.2, -0.15) is 0 Å². The molecule has 0 radical (unpaired) electrons. The molecule has 0 saturated heterocycles. The molecule has 0 aliphatic carbocycles. The van der Waals surface area contributed by atoms with E-state index in [4.69, 9.17) is 12.6 Å². The summed E-state index contributed by atoms with van der Waals surface area (Å²) < 4.78 is 122. The first-order valence-corrected chi connectivity index (χ1v) is 21.0. The van der Waals surface area contributed by atoms with Gasteiger partial charge in [0.15, 0.2) is 13.7 Å². The first kappa shape index (κ1) is 23.0. The zero-order valence-corrected chi connectivity index (χ0v) is 31.7. The van der Waals surface area contributed by atoms with E-state index in [-0.39, 0.29) is 62.9 Å². The fraction of sp³-hybridized carbons (Fsp3) is 0. The zero-order chi connectivity index (χ0) is 48.7. The molecule has 0 aliphatic heterocycles. The van der Waals surface area contributed by atoms with Crippen LogP contribution in [0.25, 0.3) is 76.9 Å². The van der Waals surface area contributed by atoms with Gasteiger partial charge in [0.05, 0.1) is 49.6 Å². The number of hydrogen-bond acceptors (Lipinski definition) is 1. The van der Waals surface area contributed by atoms with Crippen LogP contribution in [0.15, 0.2) is 223 Å². The maximum absolute atomic E-state index is 10.6. The summed E-state index contributed by atoms with van der Waals surface area (Å²) in [6.07, 6.45) is 0. The van der Waals surface area contributed by atoms with Crippen LogP contribution in [0.1, 0.15) is 16.4 Å². The molecule has 0 bridgehead atoms. The lowest BCUT2D eigenvalue weighted by Gasteiger charge is -2.34. The van der Waals surface area contributed by atoms with Crippen molar-refractivity contribution in [2.75, 3.05) is 0 Å². The minimum absolute atomic E-state index is 0.0706. The Morgan fingerprint density at radius 2 is 0.983 bits per heavy atom. The van der Waals surface area contributed by atoms with Gasteiger partial charge in [-0.05, 0) is 63.1 Å². The molecule has 0 saturated carbocycles. The van der Waals surface area contributed by atoms with Gasteiger partial charge < -0.3 is 13.6 Å². The highest BCUT2D eigenvalue weighted by molar-refractivity contribution is 7.19. The van der Waals surface area contributed by atoms with E-state index in [0.29, 0.717) is 43.3 Å². The summed E-state index contributed by atoms with van der Waals surface area (Å²) in [6, 6.07) is 41.0. The third-order valence-corrected chi connectivity index (χ3v) is 16.0. The quantitative estimate of drug-likeness (QED) is 0.122. The molecular formula is C54H36N2OSi. The standard InChI is InChI=1S/C54H36N2OSi/c1-4-20-38(21-5-1)58(39-22-6-2-7-23-39,40-24-8-3-9-25-40)41-26-18-19-37(35-41)55-47-31-14-12-29-44(47)46-36-50(54-52(53(46)55)45-30-13-17-34-51(45)57-54)56-48-32-15-10-27-42(48)43-28-11-16-33-49(43)56/h1-36H/i10D,11D,15D,16D,18D,19D,26D,27D,28D,32D,33D,35D. The molecule has 12 rings (SSSR count). The summed E-state index contributed by atoms with van der Waals surface area (Å²) in [5.41, 5.74) is 1.82. The van der Waals surface area contributed by atoms with Crippen LogP contribution in [-0.4, -0.2) is 17.2 Å². The van der Waals surface area contributed by atoms with Gasteiger partial charge in [-0.3, -0.25) is 0 Å². The third kappa shape index (κ3) is 4.61. The second kappa shape index (κ2) is 12.8. The molecule has 9 aromatic carbocycles. The van der Waals surface area contributed by atoms with Crippen molar-refractivity contribution < 1.29 is 20.9 Å². The van der Waals surface area contributed by atoms with Crippen molar-refractivity contribution in [1.82, 2.24) is 9.13 Å². The van der Waals surface area contributed by atoms with E-state index in [1.807, 2.05) is 132 Å². The van der Waals surface area contributed by atoms with Crippen LogP contribution in [0.2, 0.25) is 0 Å². The SMILES string of the molecule is [2H]c1c([2H])c(-n2c3ccccc3c3cc(-n4c5c([2H])c([2H])c([2H])c([2H])c5c5c([2H])c([2H])c([2H])c([2H])c54)c4oc5ccccc5c4c32)c([2H])c([Si](c2ccccc2)(c2ccccc2)c2ccccc2)c1[2H]. The Bertz CT molecular complexity index is 4040. The summed E-state index contributed by atoms with van der Waals surface area (Å²) in [5.74, 6) is 0. The number of fused-ring (bicyclic) bond motifs is 10. The Hall–Kier alpha value is -7.40. The fourth-order valence-corrected chi connectivity index (χ4v) is 13.5. The number of benzene rings is 9. The summed E-state index contributed by atoms with van der Waals surface area (Å²) in [7, 11) is -3.68. The van der Waals surface area contributed by atoms with Gasteiger partial charge in [-0.15, -0.1) is 0 Å². The van der Waals surface area contributed by atoms with Crippen LogP contribution in [0.5, 0.6) is 0 Å². The Morgan fingerprint density at radius 1 is 0.431 bits per heavy atom. The van der Waals surface area contributed by atoms with Crippen LogP contribution in [0, 0.1) is 0 Å². The van der Waals surface area contributed by atoms with Gasteiger partial charge in [0.2, 0.25) is 0 Å². The molecular weight excluding hydrogens is 721 g/mol. The average Bonchev–Trinajstić information content (AvgIpc) is 4.06. The second-order valence-corrected chi connectivity index (χ2v) is 18.0. The molecule has 0 amide bonds. The van der Waals surface area contributed by atoms with Crippen molar-refractivity contribution in [2.45, 2.75) is 0 Å². The van der Waals surface area contributed by atoms with Crippen LogP contribution in [0.3, 0.4) is 0 Å². The molecule has 4 heteroatoms. The van der Waals surface area contributed by atoms with E-state index in [1.165, 1.54) is 4.57 Å². The number of rotatable bonds is 6. The number of aromatic nitrogens is 2. The minimum Gasteiger partial charge on any atom is -0.454 e. The van der Waals surface area contributed by atoms with Gasteiger partial charge in [0.25, 0.3) is 0 Å². The van der Waals surface area contributed by atoms with Gasteiger partial charge in [-0.1, -0.05) is 176 Å². The Labute approximate surface area is 353 Å². The van der Waals surface area contributed by atoms with E-state index >= 15 is 0 Å². The normalized spacial score (nSPS) is 15.0. The van der Waals surface area contributed by atoms with Crippen LogP contribution in [-0.2, 0) is 0 Å². The maximum atomic E-state index is 10.6. The predicted molar refractivity (Wildman–Crippen MR) is 246 cm³/mol. The topological polar surface area (TPSA) is 23.0 Å². The van der Waals surface area contributed by atoms with E-state index in [9.17, 15) is 8.22 Å². The second-order valence-electron chi connectivity index (χ2n) is 14.3. The highest BCUT2D eigenvalue weighted by Gasteiger charge is 2.41. The molecule has 0 fully saturated rings. The molecule has 0 N–H and O–H groups in total. The van der Waals surface area contributed by atoms with Crippen LogP contribution in [0.4, 0.5) is 0 Å². The molecule has 0 spiro atoms. The molecule has 58 heavy (non-hydrogen) atoms. The van der Waals surface area contributed by atoms with E-state index in [2.05, 4.69) is 0 Å². The number of para-hydroxylation sites is 4. The smallest absolute Gasteiger partial charge is 0.179 e. The lowest BCUT2D eigenvalue weighted by Crippen LogP contribution is -2.74. The Balaban J connectivity index is 1.31. The third-order valence-electron chi connectivity index (χ3n) is 11.4. The molecule has 0 aliphatic rings. The summed E-state index contributed by atoms with van der Waals surface area (Å²) >= 11 is 0. The van der Waals surface area contributed by atoms with Gasteiger partial charge >= 0.3 is 0 Å². The number of nitrogens with zero attached hydrogens (tertiary/aromatic N) is 2. The Kier molecular flexibility index (Phi) is 5.08. The highest BCUT2D eigenvalue weighted by Crippen LogP contribution is 2.45. The van der Waals surface area contributed by atoms with E-state index in [1.54, 1.807) is 18.2 Å². The number of furan rings is 1. The average molecular weight is 769 g/mol. The molecule has 3 heterocycles. The Morgan fingerprint density at radius 3 is 1.62 bits per heavy atom. The minimum atomic E-state index is -3.68. The predicted octanol–water partition coefficient (Wildman–Crippen LogP) is 11.2. The van der Waals surface area contributed by atoms with Crippen LogP contribution < -0.4 is 20.7 Å². The van der Waals surface area contributed by atoms with E-state index in [0.717, 1.165) is 15.6 Å². The molecule has 12 aromatic rings. The van der Waals surface area contributed by atoms with Gasteiger partial charge in [0.1, 0.15) is 5.58 Å². The number of hydrogen-bond donors (Lipinski definition) is 0. The fourth-order valence-electron chi connectivity index (χ4n) is 9.01. The zero-order valence-electron chi connectivity index (χ0n) is 42.7. The molecule has 0 atom stereocenters. The highest BCUT2D eigenvalue weighted by atomic mass is 28.3. The van der Waals surface area contributed by atoms with Crippen molar-refractivity contribution in [2.24, 2.45) is 0 Å². The van der Waals surface area contributed by atoms with Crippen LogP contribution >= 0.6 is 0 Å². The van der Waals surface area contributed by atoms with Gasteiger partial charge in [-0.25, -0.2) is 0 Å². The van der Waals surface area contributed by atoms with Crippen molar-refractivity contribution in [3.05, 3.63) is 218 Å². The monoisotopic (exact) mass is 768 g/mol. The molecule has 3 aromatic heterocycles. The van der Waals surface area contributed by atoms with E-state index < -0.39 is 56.4 Å².